The number of nitrogens with zero attached hydrogens (tertiary/aromatic N) is 9. The highest BCUT2D eigenvalue weighted by molar-refractivity contribution is 7.90. The minimum atomic E-state index is -5.99. The van der Waals surface area contributed by atoms with E-state index in [1.54, 1.807) is 32.5 Å². The van der Waals surface area contributed by atoms with E-state index >= 15 is 4.39 Å². The molecular weight excluding hydrogens is 809 g/mol. The number of aromatic nitrogens is 7. The number of alkyl halides is 3. The van der Waals surface area contributed by atoms with Crippen LogP contribution in [0.25, 0.3) is 55.0 Å². The topological polar surface area (TPSA) is 146 Å². The average Bonchev–Trinajstić information content (AvgIpc) is 3.96. The van der Waals surface area contributed by atoms with Gasteiger partial charge in [0.2, 0.25) is 0 Å². The molecule has 0 saturated carbocycles. The smallest absolute Gasteiger partial charge is 0.461 e. The molecule has 59 heavy (non-hydrogen) atoms. The van der Waals surface area contributed by atoms with Crippen LogP contribution >= 0.6 is 0 Å². The molecule has 3 fully saturated rings. The first-order chi connectivity index (χ1) is 27.9. The summed E-state index contributed by atoms with van der Waals surface area (Å²) in [7, 11) is -2.65. The predicted octanol–water partition coefficient (Wildman–Crippen LogP) is 5.78. The maximum Gasteiger partial charge on any atom is 0.518 e. The number of benzene rings is 2. The fourth-order valence-corrected chi connectivity index (χ4v) is 10.1. The van der Waals surface area contributed by atoms with Crippen LogP contribution < -0.4 is 9.64 Å². The lowest BCUT2D eigenvalue weighted by Crippen LogP contribution is -2.44. The van der Waals surface area contributed by atoms with Crippen LogP contribution in [0.2, 0.25) is 0 Å². The molecule has 21 heteroatoms. The third-order valence-corrected chi connectivity index (χ3v) is 13.2. The fraction of sp³-hybridized carbons (Fsp3) is 0.474. The molecule has 3 aliphatic rings. The molecule has 0 aliphatic carbocycles. The summed E-state index contributed by atoms with van der Waals surface area (Å²) in [5, 5.41) is 20.9. The van der Waals surface area contributed by atoms with Crippen LogP contribution in [0, 0.1) is 5.82 Å². The average molecular weight is 848 g/mol. The Morgan fingerprint density at radius 1 is 1.10 bits per heavy atom. The molecule has 14 nitrogen and oxygen atoms in total. The highest BCUT2D eigenvalue weighted by Gasteiger charge is 2.50. The van der Waals surface area contributed by atoms with Crippen LogP contribution in [0.5, 0.6) is 6.01 Å². The lowest BCUT2D eigenvalue weighted by Gasteiger charge is -2.31. The van der Waals surface area contributed by atoms with Crippen molar-refractivity contribution >= 4 is 59.6 Å². The summed E-state index contributed by atoms with van der Waals surface area (Å²) >= 11 is 0. The van der Waals surface area contributed by atoms with Gasteiger partial charge in [0.25, 0.3) is 6.08 Å². The van der Waals surface area contributed by atoms with Gasteiger partial charge in [0, 0.05) is 43.7 Å². The van der Waals surface area contributed by atoms with E-state index in [2.05, 4.69) is 5.10 Å². The van der Waals surface area contributed by atoms with Crippen molar-refractivity contribution in [3.05, 3.63) is 47.4 Å². The molecule has 0 spiro atoms. The molecular formula is C38H39F6N9O5S. The van der Waals surface area contributed by atoms with Crippen molar-refractivity contribution in [1.29, 1.82) is 0 Å². The standard InChI is InChI=1S/C38H39F6N9O5S/c1-5-22-24(39)8-7-20-13-25-23(15-45-53(25)59(55,56)38(42,43)44)27(26(20)22)29-31-30(50(4)48-29)28-33(49(31)3)46-35(47-34(28)51-11-12-57-18-36(2,54)17-51)58-19-37-9-6-10-52(37)16-21(14-37)32(40)41/h7-8,13,15,54H,5-6,9-12,14,16-19H2,1-4H3/t36-,37-/m0/s1. The zero-order valence-corrected chi connectivity index (χ0v) is 33.2. The Hall–Kier alpha value is -4.99. The van der Waals surface area contributed by atoms with Crippen molar-refractivity contribution < 1.29 is 49.3 Å². The zero-order chi connectivity index (χ0) is 42.0. The number of fused-ring (bicyclic) bond motifs is 6. The predicted molar refractivity (Wildman–Crippen MR) is 205 cm³/mol. The molecule has 2 atom stereocenters. The van der Waals surface area contributed by atoms with E-state index in [4.69, 9.17) is 24.5 Å². The second-order valence-electron chi connectivity index (χ2n) is 15.9. The van der Waals surface area contributed by atoms with Gasteiger partial charge in [0.1, 0.15) is 29.5 Å². The third-order valence-electron chi connectivity index (χ3n) is 11.9. The van der Waals surface area contributed by atoms with E-state index < -0.39 is 44.1 Å². The fourth-order valence-electron chi connectivity index (χ4n) is 9.29. The van der Waals surface area contributed by atoms with Crippen LogP contribution in [0.15, 0.2) is 36.0 Å². The van der Waals surface area contributed by atoms with Gasteiger partial charge in [-0.3, -0.25) is 9.58 Å². The van der Waals surface area contributed by atoms with Crippen molar-refractivity contribution in [2.45, 2.75) is 56.2 Å². The summed E-state index contributed by atoms with van der Waals surface area (Å²) in [6.07, 6.45) is 1.06. The first-order valence-corrected chi connectivity index (χ1v) is 20.4. The molecule has 4 aromatic heterocycles. The SMILES string of the molecule is CCc1c(F)ccc2cc3c(cnn3S(=O)(=O)C(F)(F)F)c(-c3nn(C)c4c5c(N6CCOC[C@@](C)(O)C6)nc(OC[C@@]67CCCN6CC(=C(F)F)C7)nc5n(C)c34)c12. The van der Waals surface area contributed by atoms with E-state index in [1.165, 1.54) is 22.9 Å². The number of hydrogen-bond donors (Lipinski definition) is 1. The van der Waals surface area contributed by atoms with Gasteiger partial charge in [-0.05, 0) is 67.6 Å². The van der Waals surface area contributed by atoms with Crippen molar-refractivity contribution in [1.82, 2.24) is 38.4 Å². The van der Waals surface area contributed by atoms with Gasteiger partial charge in [-0.15, -0.1) is 4.09 Å². The molecule has 0 bridgehead atoms. The molecule has 0 amide bonds. The molecule has 3 saturated heterocycles. The van der Waals surface area contributed by atoms with Gasteiger partial charge >= 0.3 is 21.5 Å². The number of hydrogen-bond acceptors (Lipinski definition) is 11. The number of aliphatic hydroxyl groups is 1. The molecule has 6 aromatic rings. The van der Waals surface area contributed by atoms with Crippen molar-refractivity contribution in [3.63, 3.8) is 0 Å². The first kappa shape index (κ1) is 39.5. The number of halogens is 6. The number of anilines is 1. The monoisotopic (exact) mass is 847 g/mol. The maximum atomic E-state index is 15.7. The molecule has 1 N–H and O–H groups in total. The highest BCUT2D eigenvalue weighted by atomic mass is 32.2. The second kappa shape index (κ2) is 13.5. The Labute approximate surface area is 332 Å². The summed E-state index contributed by atoms with van der Waals surface area (Å²) in [4.78, 5) is 13.6. The molecule has 314 valence electrons. The van der Waals surface area contributed by atoms with Gasteiger partial charge in [-0.2, -0.15) is 50.5 Å². The minimum Gasteiger partial charge on any atom is -0.461 e. The first-order valence-electron chi connectivity index (χ1n) is 19.0. The summed E-state index contributed by atoms with van der Waals surface area (Å²) in [6.45, 7) is 4.81. The minimum absolute atomic E-state index is 0.0243. The Kier molecular flexibility index (Phi) is 9.04. The lowest BCUT2D eigenvalue weighted by molar-refractivity contribution is -0.0448. The number of β-amino-alcohol motifs (C(OH)–C–C–N with tert-alkyl or cyclic N) is 1. The van der Waals surface area contributed by atoms with E-state index in [0.29, 0.717) is 52.8 Å². The Morgan fingerprint density at radius 3 is 2.61 bits per heavy atom. The highest BCUT2D eigenvalue weighted by Crippen LogP contribution is 2.47. The third kappa shape index (κ3) is 6.05. The van der Waals surface area contributed by atoms with Crippen molar-refractivity contribution in [2.75, 3.05) is 50.9 Å². The van der Waals surface area contributed by atoms with Crippen LogP contribution in [-0.2, 0) is 35.3 Å². The lowest BCUT2D eigenvalue weighted by atomic mass is 9.92. The largest absolute Gasteiger partial charge is 0.518 e. The normalized spacial score (nSPS) is 22.1. The second-order valence-corrected chi connectivity index (χ2v) is 17.7. The van der Waals surface area contributed by atoms with Gasteiger partial charge in [0.15, 0.2) is 5.65 Å². The van der Waals surface area contributed by atoms with Gasteiger partial charge in [0.05, 0.1) is 53.4 Å². The molecule has 3 aliphatic heterocycles. The molecule has 0 unspecified atom stereocenters. The van der Waals surface area contributed by atoms with Crippen LogP contribution in [-0.4, -0.2) is 115 Å². The molecule has 2 aromatic carbocycles. The van der Waals surface area contributed by atoms with Crippen molar-refractivity contribution in [2.24, 2.45) is 14.1 Å². The summed E-state index contributed by atoms with van der Waals surface area (Å²) in [5.41, 5.74) is -6.26. The number of aryl methyl sites for hydroxylation is 3. The van der Waals surface area contributed by atoms with Crippen molar-refractivity contribution in [3.8, 4) is 17.3 Å². The Balaban J connectivity index is 1.31. The summed E-state index contributed by atoms with van der Waals surface area (Å²) in [5.74, 6) is -0.240. The van der Waals surface area contributed by atoms with Crippen LogP contribution in [0.1, 0.15) is 38.7 Å². The molecule has 9 rings (SSSR count). The number of rotatable bonds is 7. The Bertz CT molecular complexity index is 2870. The van der Waals surface area contributed by atoms with E-state index in [1.807, 2.05) is 9.80 Å². The Morgan fingerprint density at radius 2 is 1.88 bits per heavy atom. The van der Waals surface area contributed by atoms with E-state index in [9.17, 15) is 35.5 Å². The quantitative estimate of drug-likeness (QED) is 0.195. The summed E-state index contributed by atoms with van der Waals surface area (Å²) < 4.78 is 126. The summed E-state index contributed by atoms with van der Waals surface area (Å²) in [6, 6.07) is 3.72. The molecule has 7 heterocycles. The number of ether oxygens (including phenoxy) is 2. The van der Waals surface area contributed by atoms with E-state index in [0.717, 1.165) is 12.6 Å². The van der Waals surface area contributed by atoms with Crippen LogP contribution in [0.3, 0.4) is 0 Å². The van der Waals surface area contributed by atoms with E-state index in [-0.39, 0.29) is 89.0 Å². The van der Waals surface area contributed by atoms with Gasteiger partial charge < -0.3 is 24.0 Å². The van der Waals surface area contributed by atoms with Gasteiger partial charge in [-0.1, -0.05) is 13.0 Å². The van der Waals surface area contributed by atoms with Gasteiger partial charge in [-0.25, -0.2) is 4.39 Å². The van der Waals surface area contributed by atoms with Crippen LogP contribution in [0.4, 0.5) is 32.2 Å². The maximum absolute atomic E-state index is 15.7. The zero-order valence-electron chi connectivity index (χ0n) is 32.4. The molecule has 0 radical (unpaired) electrons.